The van der Waals surface area contributed by atoms with E-state index in [2.05, 4.69) is 0 Å². The van der Waals surface area contributed by atoms with Gasteiger partial charge in [0, 0.05) is 6.20 Å². The fourth-order valence-corrected chi connectivity index (χ4v) is 1.97. The molecule has 90 valence electrons. The zero-order valence-corrected chi connectivity index (χ0v) is 10.7. The first-order valence-corrected chi connectivity index (χ1v) is 5.75. The molecule has 0 spiro atoms. The number of rotatable bonds is 1. The molecule has 0 N–H and O–H groups in total. The van der Waals surface area contributed by atoms with Crippen LogP contribution in [0.2, 0.25) is 0 Å². The summed E-state index contributed by atoms with van der Waals surface area (Å²) in [5.74, 6) is 0. The Morgan fingerprint density at radius 1 is 1.11 bits per heavy atom. The van der Waals surface area contributed by atoms with Crippen LogP contribution in [0.1, 0.15) is 22.3 Å². The molecule has 0 bridgehead atoms. The minimum atomic E-state index is -0.255. The molecule has 0 aliphatic carbocycles. The Bertz CT molecular complexity index is 705. The average molecular weight is 238 g/mol. The molecule has 1 aromatic carbocycles. The van der Waals surface area contributed by atoms with Crippen molar-refractivity contribution in [2.24, 2.45) is 0 Å². The molecule has 2 rings (SSSR count). The van der Waals surface area contributed by atoms with E-state index < -0.39 is 0 Å². The maximum absolute atomic E-state index is 12.3. The molecule has 0 saturated heterocycles. The zero-order chi connectivity index (χ0) is 13.3. The van der Waals surface area contributed by atoms with Gasteiger partial charge in [0.2, 0.25) is 0 Å². The second-order valence-corrected chi connectivity index (χ2v) is 4.39. The summed E-state index contributed by atoms with van der Waals surface area (Å²) < 4.78 is 1.55. The van der Waals surface area contributed by atoms with Crippen LogP contribution >= 0.6 is 0 Å². The number of nitrogens with zero attached hydrogens (tertiary/aromatic N) is 2. The standard InChI is InChI=1S/C15H14N2O/c1-10-6-4-5-7-14(10)17-9-11(2)12(3)13(8-16)15(17)18/h4-7,9H,1-3H3. The lowest BCUT2D eigenvalue weighted by atomic mass is 10.1. The van der Waals surface area contributed by atoms with Gasteiger partial charge < -0.3 is 0 Å². The van der Waals surface area contributed by atoms with E-state index in [9.17, 15) is 4.79 Å². The third-order valence-electron chi connectivity index (χ3n) is 3.21. The first kappa shape index (κ1) is 12.1. The number of aryl methyl sites for hydroxylation is 2. The van der Waals surface area contributed by atoms with Gasteiger partial charge in [0.15, 0.2) is 0 Å². The van der Waals surface area contributed by atoms with Gasteiger partial charge in [0.05, 0.1) is 5.69 Å². The molecule has 0 fully saturated rings. The smallest absolute Gasteiger partial charge is 0.273 e. The Morgan fingerprint density at radius 3 is 2.39 bits per heavy atom. The Balaban J connectivity index is 2.83. The number of aromatic nitrogens is 1. The van der Waals surface area contributed by atoms with Crippen LogP contribution in [0.4, 0.5) is 0 Å². The second kappa shape index (κ2) is 4.50. The lowest BCUT2D eigenvalue weighted by molar-refractivity contribution is 0.947. The lowest BCUT2D eigenvalue weighted by Gasteiger charge is -2.12. The van der Waals surface area contributed by atoms with Gasteiger partial charge in [0.25, 0.3) is 5.56 Å². The van der Waals surface area contributed by atoms with Crippen molar-refractivity contribution < 1.29 is 0 Å². The van der Waals surface area contributed by atoms with Crippen molar-refractivity contribution in [2.75, 3.05) is 0 Å². The van der Waals surface area contributed by atoms with Crippen molar-refractivity contribution in [3.63, 3.8) is 0 Å². The molecule has 0 saturated carbocycles. The van der Waals surface area contributed by atoms with E-state index in [4.69, 9.17) is 5.26 Å². The van der Waals surface area contributed by atoms with Crippen molar-refractivity contribution in [3.8, 4) is 11.8 Å². The largest absolute Gasteiger partial charge is 0.283 e. The summed E-state index contributed by atoms with van der Waals surface area (Å²) in [5, 5.41) is 9.10. The van der Waals surface area contributed by atoms with Gasteiger partial charge >= 0.3 is 0 Å². The van der Waals surface area contributed by atoms with Gasteiger partial charge in [0.1, 0.15) is 11.6 Å². The molecule has 0 unspecified atom stereocenters. The summed E-state index contributed by atoms with van der Waals surface area (Å²) in [6.07, 6.45) is 1.79. The van der Waals surface area contributed by atoms with Crippen LogP contribution in [0.25, 0.3) is 5.69 Å². The van der Waals surface area contributed by atoms with Gasteiger partial charge in [-0.25, -0.2) is 0 Å². The second-order valence-electron chi connectivity index (χ2n) is 4.39. The molecular weight excluding hydrogens is 224 g/mol. The van der Waals surface area contributed by atoms with Crippen LogP contribution in [0.5, 0.6) is 0 Å². The average Bonchev–Trinajstić information content (AvgIpc) is 2.36. The van der Waals surface area contributed by atoms with Crippen LogP contribution in [0, 0.1) is 32.1 Å². The number of para-hydroxylation sites is 1. The molecule has 0 radical (unpaired) electrons. The molecule has 0 atom stereocenters. The fourth-order valence-electron chi connectivity index (χ4n) is 1.97. The van der Waals surface area contributed by atoms with Gasteiger partial charge in [-0.1, -0.05) is 18.2 Å². The monoisotopic (exact) mass is 238 g/mol. The van der Waals surface area contributed by atoms with Gasteiger partial charge in [-0.2, -0.15) is 5.26 Å². The number of hydrogen-bond acceptors (Lipinski definition) is 2. The Hall–Kier alpha value is -2.34. The van der Waals surface area contributed by atoms with Crippen molar-refractivity contribution in [1.29, 1.82) is 5.26 Å². The highest BCUT2D eigenvalue weighted by Gasteiger charge is 2.11. The summed E-state index contributed by atoms with van der Waals surface area (Å²) >= 11 is 0. The van der Waals surface area contributed by atoms with Crippen LogP contribution in [0.3, 0.4) is 0 Å². The van der Waals surface area contributed by atoms with Gasteiger partial charge in [-0.15, -0.1) is 0 Å². The molecule has 0 amide bonds. The minimum Gasteiger partial charge on any atom is -0.283 e. The van der Waals surface area contributed by atoms with Crippen LogP contribution < -0.4 is 5.56 Å². The third-order valence-corrected chi connectivity index (χ3v) is 3.21. The Morgan fingerprint density at radius 2 is 1.78 bits per heavy atom. The van der Waals surface area contributed by atoms with Crippen molar-refractivity contribution in [2.45, 2.75) is 20.8 Å². The number of hydrogen-bond donors (Lipinski definition) is 0. The molecule has 1 heterocycles. The van der Waals surface area contributed by atoms with Gasteiger partial charge in [-0.3, -0.25) is 9.36 Å². The number of nitriles is 1. The normalized spacial score (nSPS) is 10.1. The zero-order valence-electron chi connectivity index (χ0n) is 10.7. The van der Waals surface area contributed by atoms with Crippen LogP contribution in [-0.4, -0.2) is 4.57 Å². The topological polar surface area (TPSA) is 45.8 Å². The number of pyridine rings is 1. The summed E-state index contributed by atoms with van der Waals surface area (Å²) in [5.41, 5.74) is 3.49. The molecule has 2 aromatic rings. The Kier molecular flexibility index (Phi) is 3.03. The lowest BCUT2D eigenvalue weighted by Crippen LogP contribution is -2.23. The molecule has 1 aromatic heterocycles. The summed E-state index contributed by atoms with van der Waals surface area (Å²) in [4.78, 5) is 12.3. The highest BCUT2D eigenvalue weighted by Crippen LogP contribution is 2.15. The summed E-state index contributed by atoms with van der Waals surface area (Å²) in [7, 11) is 0. The minimum absolute atomic E-state index is 0.221. The maximum atomic E-state index is 12.3. The first-order valence-electron chi connectivity index (χ1n) is 5.75. The summed E-state index contributed by atoms with van der Waals surface area (Å²) in [6, 6.07) is 9.64. The van der Waals surface area contributed by atoms with E-state index >= 15 is 0 Å². The SMILES string of the molecule is Cc1ccccc1-n1cc(C)c(C)c(C#N)c1=O. The quantitative estimate of drug-likeness (QED) is 0.766. The molecule has 3 nitrogen and oxygen atoms in total. The fraction of sp³-hybridized carbons (Fsp3) is 0.200. The van der Waals surface area contributed by atoms with E-state index in [1.807, 2.05) is 44.2 Å². The predicted octanol–water partition coefficient (Wildman–Crippen LogP) is 2.63. The molecule has 0 aliphatic heterocycles. The summed E-state index contributed by atoms with van der Waals surface area (Å²) in [6.45, 7) is 5.66. The highest BCUT2D eigenvalue weighted by molar-refractivity contribution is 5.46. The molecule has 0 aliphatic rings. The van der Waals surface area contributed by atoms with E-state index in [0.29, 0.717) is 0 Å². The molecule has 18 heavy (non-hydrogen) atoms. The Labute approximate surface area is 106 Å². The maximum Gasteiger partial charge on any atom is 0.273 e. The first-order chi connectivity index (χ1) is 8.56. The molecular formula is C15H14N2O. The van der Waals surface area contributed by atoms with Gasteiger partial charge in [-0.05, 0) is 43.5 Å². The number of benzene rings is 1. The highest BCUT2D eigenvalue weighted by atomic mass is 16.1. The van der Waals surface area contributed by atoms with Crippen molar-refractivity contribution in [1.82, 2.24) is 4.57 Å². The van der Waals surface area contributed by atoms with E-state index in [1.165, 1.54) is 0 Å². The van der Waals surface area contributed by atoms with E-state index in [0.717, 1.165) is 22.4 Å². The predicted molar refractivity (Wildman–Crippen MR) is 71.0 cm³/mol. The van der Waals surface area contributed by atoms with Crippen LogP contribution in [-0.2, 0) is 0 Å². The van der Waals surface area contributed by atoms with Crippen molar-refractivity contribution in [3.05, 3.63) is 63.1 Å². The van der Waals surface area contributed by atoms with Crippen molar-refractivity contribution >= 4 is 0 Å². The van der Waals surface area contributed by atoms with E-state index in [-0.39, 0.29) is 11.1 Å². The molecule has 3 heteroatoms. The van der Waals surface area contributed by atoms with Crippen LogP contribution in [0.15, 0.2) is 35.3 Å². The third kappa shape index (κ3) is 1.82. The van der Waals surface area contributed by atoms with E-state index in [1.54, 1.807) is 17.7 Å².